The third-order valence-electron chi connectivity index (χ3n) is 4.16. The summed E-state index contributed by atoms with van der Waals surface area (Å²) in [5.74, 6) is 0.168. The summed E-state index contributed by atoms with van der Waals surface area (Å²) >= 11 is 0. The molecule has 0 unspecified atom stereocenters. The van der Waals surface area contributed by atoms with E-state index in [1.165, 1.54) is 11.8 Å². The van der Waals surface area contributed by atoms with Crippen molar-refractivity contribution in [3.63, 3.8) is 0 Å². The van der Waals surface area contributed by atoms with Gasteiger partial charge in [0.15, 0.2) is 6.10 Å². The van der Waals surface area contributed by atoms with Crippen molar-refractivity contribution in [2.24, 2.45) is 5.10 Å². The first kappa shape index (κ1) is 19.3. The first-order valence-electron chi connectivity index (χ1n) is 8.96. The number of benzene rings is 3. The zero-order valence-corrected chi connectivity index (χ0v) is 15.6. The number of aliphatic hydroxyl groups is 1. The molecule has 0 radical (unpaired) electrons. The molecule has 5 heteroatoms. The summed E-state index contributed by atoms with van der Waals surface area (Å²) in [5, 5.41) is 13.9. The Hall–Kier alpha value is -3.44. The highest BCUT2D eigenvalue weighted by Crippen LogP contribution is 2.14. The average Bonchev–Trinajstić information content (AvgIpc) is 2.74. The molecule has 1 atom stereocenters. The van der Waals surface area contributed by atoms with Crippen LogP contribution in [0.3, 0.4) is 0 Å². The van der Waals surface area contributed by atoms with Gasteiger partial charge < -0.3 is 9.84 Å². The molecule has 28 heavy (non-hydrogen) atoms. The molecule has 0 saturated carbocycles. The molecule has 2 N–H and O–H groups in total. The molecule has 0 fully saturated rings. The molecule has 5 nitrogen and oxygen atoms in total. The summed E-state index contributed by atoms with van der Waals surface area (Å²) in [7, 11) is 0. The zero-order valence-electron chi connectivity index (χ0n) is 15.6. The number of nitrogens with one attached hydrogen (secondary N) is 1. The second kappa shape index (κ2) is 9.48. The van der Waals surface area contributed by atoms with Crippen LogP contribution in [-0.4, -0.2) is 17.2 Å². The molecule has 1 amide bonds. The van der Waals surface area contributed by atoms with Gasteiger partial charge in [-0.3, -0.25) is 4.79 Å². The lowest BCUT2D eigenvalue weighted by atomic mass is 10.1. The maximum atomic E-state index is 11.9. The van der Waals surface area contributed by atoms with Crippen molar-refractivity contribution in [2.45, 2.75) is 19.6 Å². The second-order valence-electron chi connectivity index (χ2n) is 6.39. The molecule has 0 saturated heterocycles. The van der Waals surface area contributed by atoms with E-state index in [1.807, 2.05) is 42.5 Å². The van der Waals surface area contributed by atoms with E-state index < -0.39 is 12.0 Å². The predicted molar refractivity (Wildman–Crippen MR) is 109 cm³/mol. The van der Waals surface area contributed by atoms with Crippen LogP contribution < -0.4 is 10.2 Å². The Balaban J connectivity index is 1.49. The Morgan fingerprint density at radius 2 is 1.71 bits per heavy atom. The van der Waals surface area contributed by atoms with Crippen LogP contribution in [0.25, 0.3) is 0 Å². The molecule has 142 valence electrons. The lowest BCUT2D eigenvalue weighted by Gasteiger charge is -2.08. The van der Waals surface area contributed by atoms with Crippen molar-refractivity contribution in [3.8, 4) is 5.75 Å². The van der Waals surface area contributed by atoms with E-state index >= 15 is 0 Å². The first-order valence-corrected chi connectivity index (χ1v) is 8.96. The minimum absolute atomic E-state index is 0.501. The number of ether oxygens (including phenoxy) is 1. The summed E-state index contributed by atoms with van der Waals surface area (Å²) in [6, 6.07) is 24.3. The molecule has 0 aliphatic carbocycles. The van der Waals surface area contributed by atoms with Gasteiger partial charge in [0.2, 0.25) is 0 Å². The van der Waals surface area contributed by atoms with E-state index in [2.05, 4.69) is 29.6 Å². The third kappa shape index (κ3) is 5.53. The number of rotatable bonds is 7. The van der Waals surface area contributed by atoms with Crippen molar-refractivity contribution in [3.05, 3.63) is 101 Å². The minimum atomic E-state index is -1.25. The normalized spacial score (nSPS) is 11.9. The van der Waals surface area contributed by atoms with Gasteiger partial charge in [-0.25, -0.2) is 5.43 Å². The van der Waals surface area contributed by atoms with Gasteiger partial charge in [-0.05, 0) is 47.9 Å². The van der Waals surface area contributed by atoms with Crippen LogP contribution in [-0.2, 0) is 11.4 Å². The lowest BCUT2D eigenvalue weighted by molar-refractivity contribution is -0.129. The van der Waals surface area contributed by atoms with Crippen LogP contribution in [0.15, 0.2) is 84.0 Å². The SMILES string of the molecule is Cc1ccc(COc2ccc(/C=N\NC(=O)[C@@H](O)c3ccccc3)cc2)cc1. The quantitative estimate of drug-likeness (QED) is 0.489. The maximum Gasteiger partial charge on any atom is 0.273 e. The zero-order chi connectivity index (χ0) is 19.8. The fourth-order valence-corrected chi connectivity index (χ4v) is 2.52. The number of carbonyl (C=O) groups is 1. The molecule has 3 aromatic carbocycles. The van der Waals surface area contributed by atoms with Crippen LogP contribution in [0, 0.1) is 6.92 Å². The van der Waals surface area contributed by atoms with E-state index in [9.17, 15) is 9.90 Å². The topological polar surface area (TPSA) is 70.9 Å². The van der Waals surface area contributed by atoms with Crippen molar-refractivity contribution < 1.29 is 14.6 Å². The average molecular weight is 374 g/mol. The number of carbonyl (C=O) groups excluding carboxylic acids is 1. The van der Waals surface area contributed by atoms with E-state index in [-0.39, 0.29) is 0 Å². The monoisotopic (exact) mass is 374 g/mol. The first-order chi connectivity index (χ1) is 13.6. The fraction of sp³-hybridized carbons (Fsp3) is 0.130. The van der Waals surface area contributed by atoms with E-state index in [4.69, 9.17) is 4.74 Å². The number of hydrogen-bond donors (Lipinski definition) is 2. The van der Waals surface area contributed by atoms with Gasteiger partial charge in [-0.15, -0.1) is 0 Å². The summed E-state index contributed by atoms with van der Waals surface area (Å²) in [4.78, 5) is 11.9. The van der Waals surface area contributed by atoms with Gasteiger partial charge in [0.25, 0.3) is 5.91 Å². The Morgan fingerprint density at radius 3 is 2.39 bits per heavy atom. The molecule has 0 spiro atoms. The number of hydrogen-bond acceptors (Lipinski definition) is 4. The van der Waals surface area contributed by atoms with Gasteiger partial charge in [-0.2, -0.15) is 5.10 Å². The molecule has 0 bridgehead atoms. The highest BCUT2D eigenvalue weighted by Gasteiger charge is 2.15. The minimum Gasteiger partial charge on any atom is -0.489 e. The van der Waals surface area contributed by atoms with Crippen LogP contribution in [0.2, 0.25) is 0 Å². The number of aliphatic hydroxyl groups excluding tert-OH is 1. The standard InChI is InChI=1S/C23H22N2O3/c1-17-7-9-19(10-8-17)16-28-21-13-11-18(12-14-21)15-24-25-23(27)22(26)20-5-3-2-4-6-20/h2-15,22,26H,16H2,1H3,(H,25,27)/b24-15-/t22-/m0/s1. The number of nitrogens with zero attached hydrogens (tertiary/aromatic N) is 1. The molecule has 0 aromatic heterocycles. The van der Waals surface area contributed by atoms with Crippen LogP contribution in [0.5, 0.6) is 5.75 Å². The molecule has 3 rings (SSSR count). The van der Waals surface area contributed by atoms with Crippen molar-refractivity contribution in [2.75, 3.05) is 0 Å². The summed E-state index contributed by atoms with van der Waals surface area (Å²) in [5.41, 5.74) is 5.99. The summed E-state index contributed by atoms with van der Waals surface area (Å²) < 4.78 is 5.76. The lowest BCUT2D eigenvalue weighted by Crippen LogP contribution is -2.25. The second-order valence-corrected chi connectivity index (χ2v) is 6.39. The van der Waals surface area contributed by atoms with Crippen molar-refractivity contribution in [1.29, 1.82) is 0 Å². The van der Waals surface area contributed by atoms with Gasteiger partial charge in [0.05, 0.1) is 6.21 Å². The van der Waals surface area contributed by atoms with Crippen LogP contribution >= 0.6 is 0 Å². The Bertz CT molecular complexity index is 920. The highest BCUT2D eigenvalue weighted by atomic mass is 16.5. The van der Waals surface area contributed by atoms with Gasteiger partial charge in [0.1, 0.15) is 12.4 Å². The van der Waals surface area contributed by atoms with E-state index in [0.717, 1.165) is 16.9 Å². The molecular weight excluding hydrogens is 352 g/mol. The smallest absolute Gasteiger partial charge is 0.273 e. The summed E-state index contributed by atoms with van der Waals surface area (Å²) in [6.07, 6.45) is 0.259. The Labute approximate surface area is 164 Å². The van der Waals surface area contributed by atoms with Gasteiger partial charge >= 0.3 is 0 Å². The molecule has 0 heterocycles. The van der Waals surface area contributed by atoms with Crippen LogP contribution in [0.1, 0.15) is 28.4 Å². The third-order valence-corrected chi connectivity index (χ3v) is 4.16. The number of hydrazone groups is 1. The number of aryl methyl sites for hydroxylation is 1. The highest BCUT2D eigenvalue weighted by molar-refractivity contribution is 5.85. The molecule has 3 aromatic rings. The summed E-state index contributed by atoms with van der Waals surface area (Å²) in [6.45, 7) is 2.55. The van der Waals surface area contributed by atoms with E-state index in [0.29, 0.717) is 12.2 Å². The Kier molecular flexibility index (Phi) is 6.54. The van der Waals surface area contributed by atoms with Crippen LogP contribution in [0.4, 0.5) is 0 Å². The molecular formula is C23H22N2O3. The Morgan fingerprint density at radius 1 is 1.04 bits per heavy atom. The predicted octanol–water partition coefficient (Wildman–Crippen LogP) is 3.76. The maximum absolute atomic E-state index is 11.9. The van der Waals surface area contributed by atoms with Crippen molar-refractivity contribution >= 4 is 12.1 Å². The molecule has 0 aliphatic heterocycles. The molecule has 0 aliphatic rings. The van der Waals surface area contributed by atoms with E-state index in [1.54, 1.807) is 24.3 Å². The van der Waals surface area contributed by atoms with Crippen molar-refractivity contribution in [1.82, 2.24) is 5.43 Å². The van der Waals surface area contributed by atoms with Gasteiger partial charge in [0, 0.05) is 0 Å². The largest absolute Gasteiger partial charge is 0.489 e. The van der Waals surface area contributed by atoms with Gasteiger partial charge in [-0.1, -0.05) is 60.2 Å². The fourth-order valence-electron chi connectivity index (χ4n) is 2.52. The number of amides is 1.